The molecule has 0 unspecified atom stereocenters. The molecule has 1 aliphatic carbocycles. The summed E-state index contributed by atoms with van der Waals surface area (Å²) in [5.41, 5.74) is -0.355. The van der Waals surface area contributed by atoms with Crippen LogP contribution in [0.5, 0.6) is 0 Å². The molecule has 0 heterocycles. The Hall–Kier alpha value is -0.530. The first kappa shape index (κ1) is 20.5. The molecule has 0 spiro atoms. The molecule has 0 aromatic rings. The summed E-state index contributed by atoms with van der Waals surface area (Å²) in [7, 11) is 0. The van der Waals surface area contributed by atoms with Crippen molar-refractivity contribution in [2.75, 3.05) is 0 Å². The van der Waals surface area contributed by atoms with Crippen LogP contribution in [0, 0.1) is 5.92 Å². The second-order valence-corrected chi connectivity index (χ2v) is 8.40. The predicted molar refractivity (Wildman–Crippen MR) is 98.6 cm³/mol. The van der Waals surface area contributed by atoms with Crippen LogP contribution in [0.25, 0.3) is 0 Å². The first-order valence-corrected chi connectivity index (χ1v) is 10.2. The lowest BCUT2D eigenvalue weighted by Gasteiger charge is -2.24. The van der Waals surface area contributed by atoms with Crippen molar-refractivity contribution in [3.8, 4) is 0 Å². The molecule has 0 bridgehead atoms. The summed E-state index contributed by atoms with van der Waals surface area (Å²) in [5.74, 6) is 0.167. The van der Waals surface area contributed by atoms with Crippen LogP contribution in [-0.4, -0.2) is 11.6 Å². The van der Waals surface area contributed by atoms with Gasteiger partial charge in [-0.25, -0.2) is 0 Å². The topological polar surface area (TPSA) is 26.3 Å². The van der Waals surface area contributed by atoms with E-state index in [4.69, 9.17) is 4.74 Å². The third kappa shape index (κ3) is 11.6. The lowest BCUT2D eigenvalue weighted by atomic mass is 9.93. The molecule has 23 heavy (non-hydrogen) atoms. The highest BCUT2D eigenvalue weighted by Crippen LogP contribution is 2.23. The molecular weight excluding hydrogens is 284 g/mol. The zero-order valence-electron chi connectivity index (χ0n) is 16.0. The maximum absolute atomic E-state index is 12.4. The zero-order valence-corrected chi connectivity index (χ0v) is 16.0. The average Bonchev–Trinajstić information content (AvgIpc) is 2.45. The van der Waals surface area contributed by atoms with Crippen molar-refractivity contribution in [3.63, 3.8) is 0 Å². The smallest absolute Gasteiger partial charge is 0.309 e. The summed E-state index contributed by atoms with van der Waals surface area (Å²) in [4.78, 5) is 12.4. The Morgan fingerprint density at radius 2 is 0.957 bits per heavy atom. The van der Waals surface area contributed by atoms with Crippen molar-refractivity contribution in [1.82, 2.24) is 0 Å². The molecule has 2 heteroatoms. The van der Waals surface area contributed by atoms with Crippen LogP contribution in [0.1, 0.15) is 117 Å². The molecule has 136 valence electrons. The molecule has 0 aromatic heterocycles. The summed E-state index contributed by atoms with van der Waals surface area (Å²) in [6, 6.07) is 0. The first-order valence-electron chi connectivity index (χ1n) is 10.2. The second-order valence-electron chi connectivity index (χ2n) is 8.40. The summed E-state index contributed by atoms with van der Waals surface area (Å²) < 4.78 is 5.64. The number of esters is 1. The molecule has 0 aromatic carbocycles. The number of carbonyl (C=O) groups excluding carboxylic acids is 1. The van der Waals surface area contributed by atoms with E-state index in [9.17, 15) is 4.79 Å². The largest absolute Gasteiger partial charge is 0.460 e. The van der Waals surface area contributed by atoms with Gasteiger partial charge in [0.2, 0.25) is 0 Å². The number of carbonyl (C=O) groups is 1. The SMILES string of the molecule is CC(C)(C)OC(=O)C1CCCCCCCCCCCCCCC1. The van der Waals surface area contributed by atoms with Crippen molar-refractivity contribution >= 4 is 5.97 Å². The fourth-order valence-electron chi connectivity index (χ4n) is 3.49. The Balaban J connectivity index is 2.42. The predicted octanol–water partition coefficient (Wildman–Crippen LogP) is 6.81. The minimum absolute atomic E-state index is 0.0404. The Labute approximate surface area is 144 Å². The third-order valence-corrected chi connectivity index (χ3v) is 4.85. The Bertz CT molecular complexity index is 287. The van der Waals surface area contributed by atoms with Crippen LogP contribution in [0.3, 0.4) is 0 Å². The van der Waals surface area contributed by atoms with E-state index in [1.165, 1.54) is 83.5 Å². The summed E-state index contributed by atoms with van der Waals surface area (Å²) >= 11 is 0. The molecule has 0 N–H and O–H groups in total. The maximum Gasteiger partial charge on any atom is 0.309 e. The van der Waals surface area contributed by atoms with Gasteiger partial charge in [-0.2, -0.15) is 0 Å². The van der Waals surface area contributed by atoms with E-state index in [1.54, 1.807) is 0 Å². The van der Waals surface area contributed by atoms with Crippen molar-refractivity contribution in [2.24, 2.45) is 5.92 Å². The van der Waals surface area contributed by atoms with Crippen molar-refractivity contribution in [2.45, 2.75) is 123 Å². The fourth-order valence-corrected chi connectivity index (χ4v) is 3.49. The van der Waals surface area contributed by atoms with E-state index in [0.29, 0.717) is 0 Å². The summed E-state index contributed by atoms with van der Waals surface area (Å²) in [6.45, 7) is 5.92. The van der Waals surface area contributed by atoms with E-state index in [-0.39, 0.29) is 17.5 Å². The lowest BCUT2D eigenvalue weighted by Crippen LogP contribution is -2.28. The van der Waals surface area contributed by atoms with Crippen LogP contribution in [0.4, 0.5) is 0 Å². The van der Waals surface area contributed by atoms with Gasteiger partial charge in [-0.1, -0.05) is 83.5 Å². The van der Waals surface area contributed by atoms with Crippen molar-refractivity contribution < 1.29 is 9.53 Å². The van der Waals surface area contributed by atoms with Crippen molar-refractivity contribution in [3.05, 3.63) is 0 Å². The molecule has 0 amide bonds. The molecule has 0 radical (unpaired) electrons. The van der Waals surface area contributed by atoms with Gasteiger partial charge in [-0.05, 0) is 33.6 Å². The van der Waals surface area contributed by atoms with E-state index < -0.39 is 0 Å². The minimum Gasteiger partial charge on any atom is -0.460 e. The fraction of sp³-hybridized carbons (Fsp3) is 0.952. The molecular formula is C21H40O2. The number of ether oxygens (including phenoxy) is 1. The van der Waals surface area contributed by atoms with Crippen molar-refractivity contribution in [1.29, 1.82) is 0 Å². The highest BCUT2D eigenvalue weighted by molar-refractivity contribution is 5.72. The van der Waals surface area contributed by atoms with Gasteiger partial charge in [-0.15, -0.1) is 0 Å². The van der Waals surface area contributed by atoms with E-state index in [1.807, 2.05) is 20.8 Å². The molecule has 0 atom stereocenters. The molecule has 1 aliphatic rings. The van der Waals surface area contributed by atoms with Gasteiger partial charge >= 0.3 is 5.97 Å². The molecule has 1 fully saturated rings. The molecule has 0 saturated heterocycles. The molecule has 1 saturated carbocycles. The minimum atomic E-state index is -0.355. The number of hydrogen-bond acceptors (Lipinski definition) is 2. The van der Waals surface area contributed by atoms with Gasteiger partial charge in [0.1, 0.15) is 5.60 Å². The zero-order chi connectivity index (χ0) is 17.0. The van der Waals surface area contributed by atoms with Crippen LogP contribution in [-0.2, 0) is 9.53 Å². The standard InChI is InChI=1S/C21H40O2/c1-21(2,3)23-20(22)19-17-15-13-11-9-7-5-4-6-8-10-12-14-16-18-19/h19H,4-18H2,1-3H3. The monoisotopic (exact) mass is 324 g/mol. The first-order chi connectivity index (χ1) is 11.0. The van der Waals surface area contributed by atoms with Gasteiger partial charge in [-0.3, -0.25) is 4.79 Å². The Morgan fingerprint density at radius 1 is 0.652 bits per heavy atom. The van der Waals surface area contributed by atoms with Gasteiger partial charge < -0.3 is 4.74 Å². The van der Waals surface area contributed by atoms with Gasteiger partial charge in [0.05, 0.1) is 5.92 Å². The normalized spacial score (nSPS) is 21.7. The van der Waals surface area contributed by atoms with E-state index in [2.05, 4.69) is 0 Å². The average molecular weight is 325 g/mol. The number of hydrogen-bond donors (Lipinski definition) is 0. The molecule has 2 nitrogen and oxygen atoms in total. The summed E-state index contributed by atoms with van der Waals surface area (Å²) in [5, 5.41) is 0. The Morgan fingerprint density at radius 3 is 1.26 bits per heavy atom. The van der Waals surface area contributed by atoms with E-state index in [0.717, 1.165) is 12.8 Å². The third-order valence-electron chi connectivity index (χ3n) is 4.85. The maximum atomic E-state index is 12.4. The Kier molecular flexibility index (Phi) is 10.6. The highest BCUT2D eigenvalue weighted by Gasteiger charge is 2.24. The molecule has 1 rings (SSSR count). The van der Waals surface area contributed by atoms with Gasteiger partial charge in [0.15, 0.2) is 0 Å². The van der Waals surface area contributed by atoms with Crippen LogP contribution < -0.4 is 0 Å². The quantitative estimate of drug-likeness (QED) is 0.495. The highest BCUT2D eigenvalue weighted by atomic mass is 16.6. The summed E-state index contributed by atoms with van der Waals surface area (Å²) in [6.07, 6.45) is 19.4. The van der Waals surface area contributed by atoms with Crippen LogP contribution >= 0.6 is 0 Å². The van der Waals surface area contributed by atoms with Gasteiger partial charge in [0, 0.05) is 0 Å². The van der Waals surface area contributed by atoms with E-state index >= 15 is 0 Å². The lowest BCUT2D eigenvalue weighted by molar-refractivity contribution is -0.160. The van der Waals surface area contributed by atoms with Crippen LogP contribution in [0.2, 0.25) is 0 Å². The van der Waals surface area contributed by atoms with Crippen LogP contribution in [0.15, 0.2) is 0 Å². The second kappa shape index (κ2) is 11.9. The number of rotatable bonds is 1. The van der Waals surface area contributed by atoms with Gasteiger partial charge in [0.25, 0.3) is 0 Å². The molecule has 0 aliphatic heterocycles.